The van der Waals surface area contributed by atoms with Gasteiger partial charge in [-0.2, -0.15) is 8.78 Å². The van der Waals surface area contributed by atoms with E-state index in [2.05, 4.69) is 30.7 Å². The van der Waals surface area contributed by atoms with Gasteiger partial charge in [-0.3, -0.25) is 4.79 Å². The molecular formula is C21H21F2N7O. The van der Waals surface area contributed by atoms with Gasteiger partial charge in [0.2, 0.25) is 11.7 Å². The lowest BCUT2D eigenvalue weighted by atomic mass is 10.1. The fourth-order valence-corrected chi connectivity index (χ4v) is 3.10. The SMILES string of the molecule is CCC(=O)NC1=CC(Nc2nc(-c3cccc(C(C)(F)F)n3)nn3cccc23)CC=N1. The lowest BCUT2D eigenvalue weighted by Gasteiger charge is -2.19. The summed E-state index contributed by atoms with van der Waals surface area (Å²) in [7, 11) is 0. The maximum atomic E-state index is 13.7. The normalized spacial score (nSPS) is 16.3. The molecule has 4 rings (SSSR count). The van der Waals surface area contributed by atoms with Crippen LogP contribution in [-0.4, -0.2) is 37.7 Å². The van der Waals surface area contributed by atoms with Crippen LogP contribution in [0.3, 0.4) is 0 Å². The van der Waals surface area contributed by atoms with E-state index < -0.39 is 5.92 Å². The molecule has 0 saturated carbocycles. The first-order chi connectivity index (χ1) is 14.8. The molecule has 1 unspecified atom stereocenters. The summed E-state index contributed by atoms with van der Waals surface area (Å²) in [4.78, 5) is 24.5. The highest BCUT2D eigenvalue weighted by molar-refractivity contribution is 5.78. The van der Waals surface area contributed by atoms with Gasteiger partial charge in [0.25, 0.3) is 5.92 Å². The van der Waals surface area contributed by atoms with E-state index in [4.69, 9.17) is 0 Å². The van der Waals surface area contributed by atoms with E-state index in [0.29, 0.717) is 24.5 Å². The van der Waals surface area contributed by atoms with Crippen molar-refractivity contribution in [3.8, 4) is 11.5 Å². The van der Waals surface area contributed by atoms with Gasteiger partial charge in [-0.05, 0) is 30.3 Å². The van der Waals surface area contributed by atoms with Gasteiger partial charge in [-0.15, -0.1) is 5.10 Å². The van der Waals surface area contributed by atoms with Crippen molar-refractivity contribution in [2.45, 2.75) is 38.7 Å². The molecule has 0 bridgehead atoms. The summed E-state index contributed by atoms with van der Waals surface area (Å²) in [6, 6.07) is 7.86. The monoisotopic (exact) mass is 425 g/mol. The first-order valence-electron chi connectivity index (χ1n) is 9.85. The summed E-state index contributed by atoms with van der Waals surface area (Å²) in [6.07, 6.45) is 6.22. The third-order valence-corrected chi connectivity index (χ3v) is 4.68. The zero-order chi connectivity index (χ0) is 22.0. The molecule has 2 N–H and O–H groups in total. The number of pyridine rings is 1. The fraction of sp³-hybridized carbons (Fsp3) is 0.286. The topological polar surface area (TPSA) is 96.6 Å². The summed E-state index contributed by atoms with van der Waals surface area (Å²) in [6.45, 7) is 2.56. The molecule has 0 fully saturated rings. The van der Waals surface area contributed by atoms with E-state index in [1.54, 1.807) is 29.9 Å². The van der Waals surface area contributed by atoms with Crippen LogP contribution in [0.25, 0.3) is 17.0 Å². The van der Waals surface area contributed by atoms with E-state index in [1.807, 2.05) is 18.2 Å². The van der Waals surface area contributed by atoms with Crippen molar-refractivity contribution in [1.82, 2.24) is 24.9 Å². The third kappa shape index (κ3) is 4.57. The number of aromatic nitrogens is 4. The van der Waals surface area contributed by atoms with Gasteiger partial charge in [0, 0.05) is 32.2 Å². The molecule has 0 saturated heterocycles. The highest BCUT2D eigenvalue weighted by atomic mass is 19.3. The number of amides is 1. The maximum Gasteiger partial charge on any atom is 0.286 e. The standard InChI is InChI=1S/C21H21F2N7O/c1-3-18(31)27-17-12-13(9-10-24-17)25-20-15-7-5-11-30(15)29-19(28-20)14-6-4-8-16(26-14)21(2,22)23/h4-8,10-13H,3,9H2,1-2H3,(H,27,31)(H,25,28,29). The van der Waals surface area contributed by atoms with Crippen LogP contribution in [0.5, 0.6) is 0 Å². The number of nitrogens with zero attached hydrogens (tertiary/aromatic N) is 5. The molecule has 1 atom stereocenters. The van der Waals surface area contributed by atoms with E-state index in [-0.39, 0.29) is 29.2 Å². The molecule has 1 aliphatic heterocycles. The van der Waals surface area contributed by atoms with Crippen LogP contribution >= 0.6 is 0 Å². The number of carbonyl (C=O) groups excluding carboxylic acids is 1. The van der Waals surface area contributed by atoms with Gasteiger partial charge in [0.05, 0.1) is 6.04 Å². The number of rotatable bonds is 6. The van der Waals surface area contributed by atoms with Crippen LogP contribution in [0.15, 0.2) is 53.4 Å². The maximum absolute atomic E-state index is 13.7. The average molecular weight is 425 g/mol. The Hall–Kier alpha value is -3.69. The first-order valence-corrected chi connectivity index (χ1v) is 9.85. The molecule has 0 aromatic carbocycles. The molecule has 0 radical (unpaired) electrons. The van der Waals surface area contributed by atoms with Gasteiger partial charge in [-0.1, -0.05) is 13.0 Å². The number of hydrogen-bond acceptors (Lipinski definition) is 6. The summed E-state index contributed by atoms with van der Waals surface area (Å²) in [5, 5.41) is 10.5. The van der Waals surface area contributed by atoms with Crippen molar-refractivity contribution in [2.24, 2.45) is 4.99 Å². The lowest BCUT2D eigenvalue weighted by molar-refractivity contribution is -0.120. The van der Waals surface area contributed by atoms with E-state index in [1.165, 1.54) is 12.1 Å². The Bertz CT molecular complexity index is 1180. The smallest absolute Gasteiger partial charge is 0.286 e. The first kappa shape index (κ1) is 20.6. The number of fused-ring (bicyclic) bond motifs is 1. The molecule has 3 aromatic heterocycles. The van der Waals surface area contributed by atoms with Crippen LogP contribution in [0.2, 0.25) is 0 Å². The van der Waals surface area contributed by atoms with Crippen LogP contribution in [0.1, 0.15) is 32.4 Å². The van der Waals surface area contributed by atoms with Crippen LogP contribution < -0.4 is 10.6 Å². The fourth-order valence-electron chi connectivity index (χ4n) is 3.10. The number of aliphatic imine (C=N–C) groups is 1. The number of anilines is 1. The van der Waals surface area contributed by atoms with Crippen LogP contribution in [0.4, 0.5) is 14.6 Å². The Morgan fingerprint density at radius 3 is 2.87 bits per heavy atom. The van der Waals surface area contributed by atoms with Crippen molar-refractivity contribution < 1.29 is 13.6 Å². The number of nitrogens with one attached hydrogen (secondary N) is 2. The molecule has 10 heteroatoms. The van der Waals surface area contributed by atoms with Crippen molar-refractivity contribution in [3.63, 3.8) is 0 Å². The second-order valence-electron chi connectivity index (χ2n) is 7.17. The van der Waals surface area contributed by atoms with Crippen LogP contribution in [0, 0.1) is 0 Å². The molecule has 0 aliphatic carbocycles. The number of halogens is 2. The molecule has 31 heavy (non-hydrogen) atoms. The minimum Gasteiger partial charge on any atom is -0.361 e. The predicted molar refractivity (Wildman–Crippen MR) is 113 cm³/mol. The third-order valence-electron chi connectivity index (χ3n) is 4.68. The summed E-state index contributed by atoms with van der Waals surface area (Å²) in [5.74, 6) is -1.99. The summed E-state index contributed by atoms with van der Waals surface area (Å²) in [5.41, 5.74) is 0.614. The Balaban J connectivity index is 1.67. The minimum absolute atomic E-state index is 0.124. The van der Waals surface area contributed by atoms with Gasteiger partial charge >= 0.3 is 0 Å². The molecule has 160 valence electrons. The predicted octanol–water partition coefficient (Wildman–Crippen LogP) is 3.53. The second kappa shape index (κ2) is 8.21. The van der Waals surface area contributed by atoms with E-state index in [9.17, 15) is 13.6 Å². The van der Waals surface area contributed by atoms with E-state index in [0.717, 1.165) is 12.4 Å². The molecule has 4 heterocycles. The largest absolute Gasteiger partial charge is 0.361 e. The quantitative estimate of drug-likeness (QED) is 0.630. The Morgan fingerprint density at radius 1 is 1.26 bits per heavy atom. The molecule has 1 amide bonds. The molecular weight excluding hydrogens is 404 g/mol. The Labute approximate surface area is 177 Å². The molecule has 8 nitrogen and oxygen atoms in total. The minimum atomic E-state index is -3.07. The highest BCUT2D eigenvalue weighted by Crippen LogP contribution is 2.27. The Morgan fingerprint density at radius 2 is 2.10 bits per heavy atom. The number of carbonyl (C=O) groups is 1. The molecule has 3 aromatic rings. The van der Waals surface area contributed by atoms with Crippen molar-refractivity contribution >= 4 is 23.5 Å². The van der Waals surface area contributed by atoms with Gasteiger partial charge in [0.15, 0.2) is 5.82 Å². The number of alkyl halides is 2. The average Bonchev–Trinajstić information content (AvgIpc) is 3.22. The van der Waals surface area contributed by atoms with Gasteiger partial charge < -0.3 is 10.6 Å². The summed E-state index contributed by atoms with van der Waals surface area (Å²) < 4.78 is 29.1. The zero-order valence-electron chi connectivity index (χ0n) is 17.0. The Kier molecular flexibility index (Phi) is 5.45. The zero-order valence-corrected chi connectivity index (χ0v) is 17.0. The van der Waals surface area contributed by atoms with E-state index >= 15 is 0 Å². The van der Waals surface area contributed by atoms with Crippen LogP contribution in [-0.2, 0) is 10.7 Å². The highest BCUT2D eigenvalue weighted by Gasteiger charge is 2.27. The van der Waals surface area contributed by atoms with Crippen molar-refractivity contribution in [2.75, 3.05) is 5.32 Å². The van der Waals surface area contributed by atoms with Gasteiger partial charge in [-0.25, -0.2) is 19.5 Å². The van der Waals surface area contributed by atoms with Crippen molar-refractivity contribution in [3.05, 3.63) is 54.1 Å². The molecule has 1 aliphatic rings. The summed E-state index contributed by atoms with van der Waals surface area (Å²) >= 11 is 0. The van der Waals surface area contributed by atoms with Crippen molar-refractivity contribution in [1.29, 1.82) is 0 Å². The molecule has 0 spiro atoms. The lowest BCUT2D eigenvalue weighted by Crippen LogP contribution is -2.27. The number of hydrogen-bond donors (Lipinski definition) is 2. The second-order valence-corrected chi connectivity index (χ2v) is 7.17. The van der Waals surface area contributed by atoms with Gasteiger partial charge in [0.1, 0.15) is 22.7 Å².